The minimum Gasteiger partial charge on any atom is -0.0702 e. The molecule has 0 spiro atoms. The Morgan fingerprint density at radius 3 is 1.67 bits per heavy atom. The molecule has 0 N–H and O–H groups in total. The van der Waals surface area contributed by atoms with E-state index in [1.54, 1.807) is 5.57 Å². The first-order valence-corrected chi connectivity index (χ1v) is 8.76. The molecule has 1 aliphatic rings. The quantitative estimate of drug-likeness (QED) is 0.530. The highest BCUT2D eigenvalue weighted by Crippen LogP contribution is 2.24. The average molecular weight is 312 g/mol. The molecule has 1 saturated carbocycles. The van der Waals surface area contributed by atoms with Crippen LogP contribution in [0.1, 0.15) is 36.8 Å². The third kappa shape index (κ3) is 5.24. The van der Waals surface area contributed by atoms with Crippen LogP contribution in [-0.4, -0.2) is 0 Å². The summed E-state index contributed by atoms with van der Waals surface area (Å²) in [5.74, 6) is 0. The van der Waals surface area contributed by atoms with Crippen molar-refractivity contribution in [2.45, 2.75) is 25.7 Å². The van der Waals surface area contributed by atoms with Crippen molar-refractivity contribution in [3.8, 4) is 0 Å². The molecule has 0 aliphatic heterocycles. The van der Waals surface area contributed by atoms with Crippen molar-refractivity contribution in [2.75, 3.05) is 0 Å². The highest BCUT2D eigenvalue weighted by molar-refractivity contribution is 5.60. The number of hydrogen-bond donors (Lipinski definition) is 0. The Kier molecular flexibility index (Phi) is 6.02. The maximum atomic E-state index is 2.31. The molecule has 0 nitrogen and oxygen atoms in total. The van der Waals surface area contributed by atoms with E-state index in [-0.39, 0.29) is 0 Å². The van der Waals surface area contributed by atoms with Crippen molar-refractivity contribution >= 4 is 12.2 Å². The summed E-state index contributed by atoms with van der Waals surface area (Å²) in [7, 11) is 0. The molecule has 0 amide bonds. The summed E-state index contributed by atoms with van der Waals surface area (Å²) in [4.78, 5) is 0. The third-order valence-electron chi connectivity index (χ3n) is 4.29. The molecule has 2 aromatic carbocycles. The zero-order valence-electron chi connectivity index (χ0n) is 14.1. The van der Waals surface area contributed by atoms with Crippen LogP contribution in [0.2, 0.25) is 0 Å². The van der Waals surface area contributed by atoms with E-state index in [0.717, 1.165) is 0 Å². The van der Waals surface area contributed by atoms with Crippen LogP contribution in [-0.2, 0) is 0 Å². The maximum absolute atomic E-state index is 2.31. The van der Waals surface area contributed by atoms with Gasteiger partial charge in [0.2, 0.25) is 0 Å². The highest BCUT2D eigenvalue weighted by Gasteiger charge is 2.04. The predicted molar refractivity (Wildman–Crippen MR) is 106 cm³/mol. The Balaban J connectivity index is 1.80. The lowest BCUT2D eigenvalue weighted by molar-refractivity contribution is 0.886. The number of rotatable bonds is 5. The van der Waals surface area contributed by atoms with Crippen LogP contribution in [0.3, 0.4) is 0 Å². The normalized spacial score (nSPS) is 14.4. The molecule has 0 atom stereocenters. The van der Waals surface area contributed by atoms with Crippen molar-refractivity contribution in [2.24, 2.45) is 0 Å². The van der Waals surface area contributed by atoms with Crippen LogP contribution in [0, 0.1) is 0 Å². The molecule has 0 saturated heterocycles. The second kappa shape index (κ2) is 8.88. The van der Waals surface area contributed by atoms with Gasteiger partial charge in [0.25, 0.3) is 0 Å². The van der Waals surface area contributed by atoms with Gasteiger partial charge in [-0.2, -0.15) is 0 Å². The molecule has 0 radical (unpaired) electrons. The molecule has 3 rings (SSSR count). The van der Waals surface area contributed by atoms with Crippen LogP contribution < -0.4 is 0 Å². The summed E-state index contributed by atoms with van der Waals surface area (Å²) in [5.41, 5.74) is 5.26. The zero-order chi connectivity index (χ0) is 16.5. The highest BCUT2D eigenvalue weighted by atomic mass is 14.1. The van der Waals surface area contributed by atoms with Crippen molar-refractivity contribution in [1.29, 1.82) is 0 Å². The van der Waals surface area contributed by atoms with Gasteiger partial charge in [-0.3, -0.25) is 0 Å². The zero-order valence-corrected chi connectivity index (χ0v) is 14.1. The van der Waals surface area contributed by atoms with E-state index in [2.05, 4.69) is 85.0 Å². The summed E-state index contributed by atoms with van der Waals surface area (Å²) >= 11 is 0. The van der Waals surface area contributed by atoms with Crippen LogP contribution in [0.5, 0.6) is 0 Å². The fraction of sp³-hybridized carbons (Fsp3) is 0.167. The van der Waals surface area contributed by atoms with Gasteiger partial charge in [-0.05, 0) is 42.4 Å². The van der Waals surface area contributed by atoms with Crippen molar-refractivity contribution in [1.82, 2.24) is 0 Å². The van der Waals surface area contributed by atoms with Gasteiger partial charge in [0, 0.05) is 0 Å². The first-order chi connectivity index (χ1) is 11.9. The maximum Gasteiger partial charge on any atom is -0.0256 e. The molecule has 0 unspecified atom stereocenters. The number of hydrogen-bond acceptors (Lipinski definition) is 0. The predicted octanol–water partition coefficient (Wildman–Crippen LogP) is 6.84. The summed E-state index contributed by atoms with van der Waals surface area (Å²) in [6.07, 6.45) is 18.5. The van der Waals surface area contributed by atoms with Gasteiger partial charge in [-0.25, -0.2) is 0 Å². The Bertz CT molecular complexity index is 684. The summed E-state index contributed by atoms with van der Waals surface area (Å²) < 4.78 is 0. The number of allylic oxidation sites excluding steroid dienone is 6. The monoisotopic (exact) mass is 312 g/mol. The van der Waals surface area contributed by atoms with Crippen molar-refractivity contribution < 1.29 is 0 Å². The SMILES string of the molecule is C(=Cc1ccccc1)C(C=Cc1ccccc1)=CC=C1CCCC1. The summed E-state index contributed by atoms with van der Waals surface area (Å²) in [6.45, 7) is 0. The standard InChI is InChI=1S/C24H24/c1-3-9-21(10-4-1)15-18-24(20-17-23-13-7-8-14-23)19-16-22-11-5-2-6-12-22/h1-6,9-12,15-20H,7-8,13-14H2. The molecule has 1 fully saturated rings. The summed E-state index contributed by atoms with van der Waals surface area (Å²) in [6, 6.07) is 20.9. The molecule has 2 aromatic rings. The van der Waals surface area contributed by atoms with Gasteiger partial charge >= 0.3 is 0 Å². The van der Waals surface area contributed by atoms with E-state index >= 15 is 0 Å². The van der Waals surface area contributed by atoms with E-state index in [1.807, 2.05) is 12.1 Å². The molecule has 1 aliphatic carbocycles. The van der Waals surface area contributed by atoms with Crippen LogP contribution >= 0.6 is 0 Å². The minimum atomic E-state index is 1.22. The number of benzene rings is 2. The van der Waals surface area contributed by atoms with Crippen molar-refractivity contribution in [3.05, 3.63) is 107 Å². The van der Waals surface area contributed by atoms with Crippen LogP contribution in [0.25, 0.3) is 12.2 Å². The van der Waals surface area contributed by atoms with Gasteiger partial charge in [-0.15, -0.1) is 0 Å². The fourth-order valence-electron chi connectivity index (χ4n) is 2.89. The van der Waals surface area contributed by atoms with Crippen LogP contribution in [0.4, 0.5) is 0 Å². The first-order valence-electron chi connectivity index (χ1n) is 8.76. The fourth-order valence-corrected chi connectivity index (χ4v) is 2.89. The second-order valence-electron chi connectivity index (χ2n) is 6.19. The van der Waals surface area contributed by atoms with Crippen LogP contribution in [0.15, 0.2) is 96.1 Å². The van der Waals surface area contributed by atoms with Gasteiger partial charge in [-0.1, -0.05) is 103 Å². The first kappa shape index (κ1) is 16.3. The average Bonchev–Trinajstić information content (AvgIpc) is 3.16. The Morgan fingerprint density at radius 1 is 0.667 bits per heavy atom. The molecule has 0 heterocycles. The van der Waals surface area contributed by atoms with Crippen molar-refractivity contribution in [3.63, 3.8) is 0 Å². The van der Waals surface area contributed by atoms with E-state index in [4.69, 9.17) is 0 Å². The molecule has 24 heavy (non-hydrogen) atoms. The summed E-state index contributed by atoms with van der Waals surface area (Å²) in [5, 5.41) is 0. The molecule has 120 valence electrons. The lowest BCUT2D eigenvalue weighted by Gasteiger charge is -1.97. The topological polar surface area (TPSA) is 0 Å². The van der Waals surface area contributed by atoms with Gasteiger partial charge < -0.3 is 0 Å². The Hall–Kier alpha value is -2.60. The van der Waals surface area contributed by atoms with E-state index in [0.29, 0.717) is 0 Å². The van der Waals surface area contributed by atoms with Gasteiger partial charge in [0.15, 0.2) is 0 Å². The second-order valence-corrected chi connectivity index (χ2v) is 6.19. The smallest absolute Gasteiger partial charge is 0.0256 e. The molecular weight excluding hydrogens is 288 g/mol. The Labute approximate surface area is 145 Å². The molecular formula is C24H24. The van der Waals surface area contributed by atoms with E-state index < -0.39 is 0 Å². The lowest BCUT2D eigenvalue weighted by Crippen LogP contribution is -1.76. The minimum absolute atomic E-state index is 1.22. The molecule has 0 heteroatoms. The largest absolute Gasteiger partial charge is 0.0702 e. The van der Waals surface area contributed by atoms with Gasteiger partial charge in [0.05, 0.1) is 0 Å². The van der Waals surface area contributed by atoms with E-state index in [1.165, 1.54) is 42.4 Å². The third-order valence-corrected chi connectivity index (χ3v) is 4.29. The van der Waals surface area contributed by atoms with Gasteiger partial charge in [0.1, 0.15) is 0 Å². The lowest BCUT2D eigenvalue weighted by atomic mass is 10.1. The molecule has 0 bridgehead atoms. The Morgan fingerprint density at radius 2 is 1.17 bits per heavy atom. The molecule has 0 aromatic heterocycles. The van der Waals surface area contributed by atoms with E-state index in [9.17, 15) is 0 Å².